The van der Waals surface area contributed by atoms with Crippen LogP contribution in [0.5, 0.6) is 0 Å². The maximum Gasteiger partial charge on any atom is 0.346 e. The van der Waals surface area contributed by atoms with Crippen LogP contribution in [0.25, 0.3) is 0 Å². The SMILES string of the molecule is O=C1C2=C3CC(C=N3)N2C(=O)N1S(=O)(=O)Cc1ccccc1. The van der Waals surface area contributed by atoms with Gasteiger partial charge in [-0.15, -0.1) is 4.31 Å². The minimum atomic E-state index is -4.07. The molecule has 2 bridgehead atoms. The molecule has 0 saturated carbocycles. The van der Waals surface area contributed by atoms with Crippen LogP contribution < -0.4 is 0 Å². The zero-order chi connectivity index (χ0) is 15.5. The number of urea groups is 1. The summed E-state index contributed by atoms with van der Waals surface area (Å²) in [5.41, 5.74) is 1.11. The molecule has 7 nitrogen and oxygen atoms in total. The first-order valence-corrected chi connectivity index (χ1v) is 8.32. The van der Waals surface area contributed by atoms with Crippen LogP contribution in [0.15, 0.2) is 46.7 Å². The number of fused-ring (bicyclic) bond motifs is 4. The monoisotopic (exact) mass is 317 g/mol. The van der Waals surface area contributed by atoms with Crippen LogP contribution in [-0.2, 0) is 20.6 Å². The van der Waals surface area contributed by atoms with Gasteiger partial charge in [-0.05, 0) is 5.56 Å². The minimum Gasteiger partial charge on any atom is -0.277 e. The number of hydrogen-bond acceptors (Lipinski definition) is 5. The lowest BCUT2D eigenvalue weighted by Crippen LogP contribution is -2.41. The lowest BCUT2D eigenvalue weighted by Gasteiger charge is -2.18. The van der Waals surface area contributed by atoms with Crippen molar-refractivity contribution in [3.63, 3.8) is 0 Å². The molecule has 1 aromatic rings. The Kier molecular flexibility index (Phi) is 2.56. The minimum absolute atomic E-state index is 0.106. The fourth-order valence-electron chi connectivity index (χ4n) is 2.94. The van der Waals surface area contributed by atoms with Gasteiger partial charge in [0.25, 0.3) is 5.91 Å². The summed E-state index contributed by atoms with van der Waals surface area (Å²) >= 11 is 0. The number of hydrogen-bond donors (Lipinski definition) is 0. The first kappa shape index (κ1) is 13.2. The van der Waals surface area contributed by atoms with Crippen molar-refractivity contribution < 1.29 is 18.0 Å². The highest BCUT2D eigenvalue weighted by Crippen LogP contribution is 2.40. The second-order valence-corrected chi connectivity index (χ2v) is 7.13. The summed E-state index contributed by atoms with van der Waals surface area (Å²) in [6.45, 7) is 0. The number of rotatable bonds is 3. The summed E-state index contributed by atoms with van der Waals surface area (Å²) in [5, 5.41) is 0. The highest BCUT2D eigenvalue weighted by molar-refractivity contribution is 7.89. The Bertz CT molecular complexity index is 857. The van der Waals surface area contributed by atoms with Crippen LogP contribution in [0.4, 0.5) is 4.79 Å². The normalized spacial score (nSPS) is 23.0. The summed E-state index contributed by atoms with van der Waals surface area (Å²) in [6, 6.07) is 7.31. The van der Waals surface area contributed by atoms with E-state index in [4.69, 9.17) is 0 Å². The van der Waals surface area contributed by atoms with E-state index in [-0.39, 0.29) is 11.7 Å². The van der Waals surface area contributed by atoms with Gasteiger partial charge in [0.2, 0.25) is 10.0 Å². The van der Waals surface area contributed by atoms with Gasteiger partial charge in [0.05, 0.1) is 17.5 Å². The number of imide groups is 1. The van der Waals surface area contributed by atoms with Gasteiger partial charge in [-0.3, -0.25) is 14.7 Å². The van der Waals surface area contributed by atoms with Gasteiger partial charge >= 0.3 is 6.03 Å². The molecule has 1 saturated heterocycles. The maximum absolute atomic E-state index is 12.5. The van der Waals surface area contributed by atoms with Crippen LogP contribution in [0.2, 0.25) is 0 Å². The molecule has 1 unspecified atom stereocenters. The van der Waals surface area contributed by atoms with Gasteiger partial charge in [-0.2, -0.15) is 0 Å². The average molecular weight is 317 g/mol. The highest BCUT2D eigenvalue weighted by Gasteiger charge is 2.55. The predicted molar refractivity (Wildman–Crippen MR) is 77.1 cm³/mol. The number of sulfonamides is 1. The zero-order valence-electron chi connectivity index (χ0n) is 11.3. The Morgan fingerprint density at radius 3 is 2.59 bits per heavy atom. The van der Waals surface area contributed by atoms with E-state index in [1.807, 2.05) is 0 Å². The molecular formula is C14H11N3O4S. The molecule has 3 heterocycles. The molecule has 1 aromatic carbocycles. The number of nitrogens with zero attached hydrogens (tertiary/aromatic N) is 3. The van der Waals surface area contributed by atoms with E-state index < -0.39 is 27.7 Å². The van der Waals surface area contributed by atoms with E-state index >= 15 is 0 Å². The van der Waals surface area contributed by atoms with Crippen molar-refractivity contribution in [1.29, 1.82) is 0 Å². The van der Waals surface area contributed by atoms with Gasteiger partial charge < -0.3 is 0 Å². The molecule has 0 radical (unpaired) electrons. The number of carbonyl (C=O) groups is 2. The number of aliphatic imine (C=N–C) groups is 1. The summed E-state index contributed by atoms with van der Waals surface area (Å²) in [7, 11) is -4.07. The van der Waals surface area contributed by atoms with Gasteiger partial charge in [-0.1, -0.05) is 30.3 Å². The summed E-state index contributed by atoms with van der Waals surface area (Å²) in [5.74, 6) is -1.19. The number of carbonyl (C=O) groups excluding carboxylic acids is 2. The molecule has 0 spiro atoms. The third-order valence-corrected chi connectivity index (χ3v) is 5.46. The number of amides is 3. The zero-order valence-corrected chi connectivity index (χ0v) is 12.2. The third-order valence-electron chi connectivity index (χ3n) is 3.89. The molecule has 0 N–H and O–H groups in total. The molecule has 4 rings (SSSR count). The van der Waals surface area contributed by atoms with Crippen LogP contribution in [0.3, 0.4) is 0 Å². The Balaban J connectivity index is 1.71. The van der Waals surface area contributed by atoms with Crippen LogP contribution in [0.1, 0.15) is 12.0 Å². The van der Waals surface area contributed by atoms with Crippen LogP contribution >= 0.6 is 0 Å². The predicted octanol–water partition coefficient (Wildman–Crippen LogP) is 0.849. The van der Waals surface area contributed by atoms with Crippen molar-refractivity contribution in [3.8, 4) is 0 Å². The molecule has 0 aliphatic carbocycles. The Morgan fingerprint density at radius 2 is 1.91 bits per heavy atom. The smallest absolute Gasteiger partial charge is 0.277 e. The molecule has 3 aliphatic heterocycles. The largest absolute Gasteiger partial charge is 0.346 e. The molecule has 3 aliphatic rings. The summed E-state index contributed by atoms with van der Waals surface area (Å²) < 4.78 is 25.3. The van der Waals surface area contributed by atoms with Crippen molar-refractivity contribution >= 4 is 28.2 Å². The van der Waals surface area contributed by atoms with E-state index in [1.54, 1.807) is 36.5 Å². The summed E-state index contributed by atoms with van der Waals surface area (Å²) in [6.07, 6.45) is 2.05. The fourth-order valence-corrected chi connectivity index (χ4v) is 4.35. The first-order valence-electron chi connectivity index (χ1n) is 6.71. The molecule has 0 aromatic heterocycles. The van der Waals surface area contributed by atoms with Gasteiger partial charge in [0.15, 0.2) is 0 Å². The standard InChI is InChI=1S/C14H11N3O4S/c18-13-12-11-6-10(7-15-11)16(12)14(19)17(13)22(20,21)8-9-4-2-1-3-5-9/h1-5,7,10H,6,8H2. The maximum atomic E-state index is 12.5. The topological polar surface area (TPSA) is 87.1 Å². The fraction of sp³-hybridized carbons (Fsp3) is 0.214. The van der Waals surface area contributed by atoms with Crippen LogP contribution in [0, 0.1) is 0 Å². The van der Waals surface area contributed by atoms with Crippen LogP contribution in [-0.4, -0.2) is 41.8 Å². The Hall–Kier alpha value is -2.48. The lowest BCUT2D eigenvalue weighted by molar-refractivity contribution is -0.119. The van der Waals surface area contributed by atoms with Gasteiger partial charge in [0, 0.05) is 12.6 Å². The first-order chi connectivity index (χ1) is 10.5. The van der Waals surface area contributed by atoms with E-state index in [0.717, 1.165) is 0 Å². The lowest BCUT2D eigenvalue weighted by atomic mass is 10.2. The average Bonchev–Trinajstić information content (AvgIpc) is 3.13. The van der Waals surface area contributed by atoms with Crippen molar-refractivity contribution in [1.82, 2.24) is 9.21 Å². The molecular weight excluding hydrogens is 306 g/mol. The second-order valence-electron chi connectivity index (χ2n) is 5.31. The Morgan fingerprint density at radius 1 is 1.18 bits per heavy atom. The Labute approximate surface area is 126 Å². The summed E-state index contributed by atoms with van der Waals surface area (Å²) in [4.78, 5) is 30.0. The van der Waals surface area contributed by atoms with Crippen molar-refractivity contribution in [2.24, 2.45) is 4.99 Å². The molecule has 22 heavy (non-hydrogen) atoms. The van der Waals surface area contributed by atoms with E-state index in [2.05, 4.69) is 4.99 Å². The van der Waals surface area contributed by atoms with Gasteiger partial charge in [0.1, 0.15) is 5.70 Å². The van der Waals surface area contributed by atoms with E-state index in [9.17, 15) is 18.0 Å². The molecule has 1 fully saturated rings. The van der Waals surface area contributed by atoms with Crippen molar-refractivity contribution in [2.45, 2.75) is 18.2 Å². The molecule has 8 heteroatoms. The van der Waals surface area contributed by atoms with E-state index in [0.29, 0.717) is 22.0 Å². The van der Waals surface area contributed by atoms with E-state index in [1.165, 1.54) is 4.90 Å². The van der Waals surface area contributed by atoms with Gasteiger partial charge in [-0.25, -0.2) is 13.2 Å². The molecule has 112 valence electrons. The highest BCUT2D eigenvalue weighted by atomic mass is 32.2. The third kappa shape index (κ3) is 1.67. The quantitative estimate of drug-likeness (QED) is 0.773. The number of benzene rings is 1. The molecule has 1 atom stereocenters. The van der Waals surface area contributed by atoms with Crippen molar-refractivity contribution in [3.05, 3.63) is 47.3 Å². The molecule has 3 amide bonds. The second kappa shape index (κ2) is 4.26. The van der Waals surface area contributed by atoms with Crippen molar-refractivity contribution in [2.75, 3.05) is 0 Å².